The van der Waals surface area contributed by atoms with Gasteiger partial charge in [-0.3, -0.25) is 0 Å². The van der Waals surface area contributed by atoms with E-state index in [1.54, 1.807) is 13.0 Å². The number of hydrogen-bond donors (Lipinski definition) is 1. The van der Waals surface area contributed by atoms with Gasteiger partial charge in [-0.05, 0) is 37.9 Å². The normalized spacial score (nSPS) is 20.3. The first kappa shape index (κ1) is 13.3. The van der Waals surface area contributed by atoms with Crippen LogP contribution in [0.3, 0.4) is 0 Å². The highest BCUT2D eigenvalue weighted by Crippen LogP contribution is 2.16. The lowest BCUT2D eigenvalue weighted by molar-refractivity contribution is 0.261. The van der Waals surface area contributed by atoms with Crippen LogP contribution in [-0.4, -0.2) is 37.2 Å². The van der Waals surface area contributed by atoms with Crippen LogP contribution in [0.4, 0.5) is 4.39 Å². The molecule has 1 aliphatic heterocycles. The Balaban J connectivity index is 1.67. The Morgan fingerprint density at radius 2 is 2.33 bits per heavy atom. The third-order valence-electron chi connectivity index (χ3n) is 3.34. The summed E-state index contributed by atoms with van der Waals surface area (Å²) in [5.41, 5.74) is 6.48. The van der Waals surface area contributed by atoms with E-state index >= 15 is 0 Å². The van der Waals surface area contributed by atoms with Crippen molar-refractivity contribution in [3.8, 4) is 5.75 Å². The molecule has 1 fully saturated rings. The average Bonchev–Trinajstić information content (AvgIpc) is 2.75. The van der Waals surface area contributed by atoms with Crippen LogP contribution in [0.1, 0.15) is 18.4 Å². The molecule has 0 aliphatic carbocycles. The van der Waals surface area contributed by atoms with Gasteiger partial charge in [0, 0.05) is 25.2 Å². The molecule has 1 saturated heterocycles. The van der Waals surface area contributed by atoms with E-state index in [9.17, 15) is 4.39 Å². The lowest BCUT2D eigenvalue weighted by Gasteiger charge is -2.15. The van der Waals surface area contributed by atoms with Gasteiger partial charge in [0.2, 0.25) is 0 Å². The Labute approximate surface area is 108 Å². The second-order valence-electron chi connectivity index (χ2n) is 4.96. The summed E-state index contributed by atoms with van der Waals surface area (Å²) in [5.74, 6) is 0.397. The predicted molar refractivity (Wildman–Crippen MR) is 70.3 cm³/mol. The van der Waals surface area contributed by atoms with Gasteiger partial charge in [-0.25, -0.2) is 4.39 Å². The second-order valence-corrected chi connectivity index (χ2v) is 4.96. The largest absolute Gasteiger partial charge is 0.493 e. The third kappa shape index (κ3) is 3.68. The van der Waals surface area contributed by atoms with Crippen LogP contribution in [0.2, 0.25) is 0 Å². The van der Waals surface area contributed by atoms with E-state index in [0.717, 1.165) is 32.5 Å². The zero-order valence-corrected chi connectivity index (χ0v) is 10.9. The quantitative estimate of drug-likeness (QED) is 0.814. The van der Waals surface area contributed by atoms with E-state index < -0.39 is 0 Å². The summed E-state index contributed by atoms with van der Waals surface area (Å²) < 4.78 is 18.8. The standard InChI is InChI=1S/C14H21FN2O/c1-11-3-4-13(9-14(11)15)18-8-2-6-17-7-5-12(16)10-17/h3-4,9,12H,2,5-8,10,16H2,1H3. The molecule has 0 spiro atoms. The van der Waals surface area contributed by atoms with E-state index in [1.165, 1.54) is 6.07 Å². The zero-order valence-electron chi connectivity index (χ0n) is 10.9. The number of benzene rings is 1. The van der Waals surface area contributed by atoms with Gasteiger partial charge in [0.1, 0.15) is 11.6 Å². The van der Waals surface area contributed by atoms with Crippen LogP contribution in [-0.2, 0) is 0 Å². The first-order chi connectivity index (χ1) is 8.65. The van der Waals surface area contributed by atoms with E-state index in [1.807, 2.05) is 6.07 Å². The van der Waals surface area contributed by atoms with Crippen molar-refractivity contribution in [3.63, 3.8) is 0 Å². The highest BCUT2D eigenvalue weighted by atomic mass is 19.1. The molecule has 1 aromatic rings. The van der Waals surface area contributed by atoms with Gasteiger partial charge in [-0.1, -0.05) is 6.07 Å². The molecule has 0 bridgehead atoms. The first-order valence-electron chi connectivity index (χ1n) is 6.52. The number of hydrogen-bond acceptors (Lipinski definition) is 3. The highest BCUT2D eigenvalue weighted by molar-refractivity contribution is 5.27. The SMILES string of the molecule is Cc1ccc(OCCCN2CCC(N)C2)cc1F. The van der Waals surface area contributed by atoms with Gasteiger partial charge < -0.3 is 15.4 Å². The molecule has 4 heteroatoms. The summed E-state index contributed by atoms with van der Waals surface area (Å²) in [6, 6.07) is 5.33. The van der Waals surface area contributed by atoms with Crippen molar-refractivity contribution in [2.45, 2.75) is 25.8 Å². The molecule has 0 radical (unpaired) electrons. The van der Waals surface area contributed by atoms with Gasteiger partial charge in [0.05, 0.1) is 6.61 Å². The number of likely N-dealkylation sites (tertiary alicyclic amines) is 1. The minimum absolute atomic E-state index is 0.210. The maximum atomic E-state index is 13.3. The minimum atomic E-state index is -0.210. The van der Waals surface area contributed by atoms with Crippen LogP contribution in [0.25, 0.3) is 0 Å². The number of halogens is 1. The van der Waals surface area contributed by atoms with Gasteiger partial charge >= 0.3 is 0 Å². The smallest absolute Gasteiger partial charge is 0.129 e. The maximum Gasteiger partial charge on any atom is 0.129 e. The molecule has 0 saturated carbocycles. The number of nitrogens with zero attached hydrogens (tertiary/aromatic N) is 1. The van der Waals surface area contributed by atoms with E-state index in [0.29, 0.717) is 24.0 Å². The molecule has 2 rings (SSSR count). The van der Waals surface area contributed by atoms with Crippen molar-refractivity contribution >= 4 is 0 Å². The molecular formula is C14H21FN2O. The molecule has 3 nitrogen and oxygen atoms in total. The molecular weight excluding hydrogens is 231 g/mol. The van der Waals surface area contributed by atoms with Gasteiger partial charge in [0.15, 0.2) is 0 Å². The van der Waals surface area contributed by atoms with Gasteiger partial charge in [-0.2, -0.15) is 0 Å². The third-order valence-corrected chi connectivity index (χ3v) is 3.34. The van der Waals surface area contributed by atoms with Crippen LogP contribution in [0.15, 0.2) is 18.2 Å². The zero-order chi connectivity index (χ0) is 13.0. The number of nitrogens with two attached hydrogens (primary N) is 1. The fourth-order valence-corrected chi connectivity index (χ4v) is 2.21. The van der Waals surface area contributed by atoms with Crippen LogP contribution >= 0.6 is 0 Å². The maximum absolute atomic E-state index is 13.3. The Hall–Kier alpha value is -1.13. The van der Waals surface area contributed by atoms with Crippen LogP contribution < -0.4 is 10.5 Å². The average molecular weight is 252 g/mol. The van der Waals surface area contributed by atoms with Crippen molar-refractivity contribution in [2.75, 3.05) is 26.2 Å². The first-order valence-corrected chi connectivity index (χ1v) is 6.52. The summed E-state index contributed by atoms with van der Waals surface area (Å²) in [6.07, 6.45) is 2.03. The van der Waals surface area contributed by atoms with E-state index in [2.05, 4.69) is 4.90 Å². The molecule has 1 heterocycles. The number of aryl methyl sites for hydroxylation is 1. The highest BCUT2D eigenvalue weighted by Gasteiger charge is 2.17. The Morgan fingerprint density at radius 3 is 3.00 bits per heavy atom. The van der Waals surface area contributed by atoms with Crippen LogP contribution in [0, 0.1) is 12.7 Å². The van der Waals surface area contributed by atoms with Crippen molar-refractivity contribution in [1.82, 2.24) is 4.90 Å². The van der Waals surface area contributed by atoms with Crippen molar-refractivity contribution in [2.24, 2.45) is 5.73 Å². The molecule has 100 valence electrons. The van der Waals surface area contributed by atoms with Gasteiger partial charge in [-0.15, -0.1) is 0 Å². The number of ether oxygens (including phenoxy) is 1. The molecule has 2 N–H and O–H groups in total. The fourth-order valence-electron chi connectivity index (χ4n) is 2.21. The van der Waals surface area contributed by atoms with Crippen molar-refractivity contribution in [3.05, 3.63) is 29.6 Å². The van der Waals surface area contributed by atoms with Crippen molar-refractivity contribution < 1.29 is 9.13 Å². The summed E-state index contributed by atoms with van der Waals surface area (Å²) in [4.78, 5) is 2.35. The minimum Gasteiger partial charge on any atom is -0.493 e. The Bertz CT molecular complexity index is 397. The topological polar surface area (TPSA) is 38.5 Å². The number of rotatable bonds is 5. The molecule has 0 aromatic heterocycles. The fraction of sp³-hybridized carbons (Fsp3) is 0.571. The second kappa shape index (κ2) is 6.16. The van der Waals surface area contributed by atoms with Crippen molar-refractivity contribution in [1.29, 1.82) is 0 Å². The molecule has 1 aromatic carbocycles. The summed E-state index contributed by atoms with van der Waals surface area (Å²) >= 11 is 0. The molecule has 0 amide bonds. The van der Waals surface area contributed by atoms with E-state index in [-0.39, 0.29) is 5.82 Å². The summed E-state index contributed by atoms with van der Waals surface area (Å²) in [7, 11) is 0. The van der Waals surface area contributed by atoms with Crippen LogP contribution in [0.5, 0.6) is 5.75 Å². The molecule has 1 aliphatic rings. The Kier molecular flexibility index (Phi) is 4.55. The molecule has 18 heavy (non-hydrogen) atoms. The van der Waals surface area contributed by atoms with E-state index in [4.69, 9.17) is 10.5 Å². The lowest BCUT2D eigenvalue weighted by Crippen LogP contribution is -2.28. The predicted octanol–water partition coefficient (Wildman–Crippen LogP) is 1.94. The van der Waals surface area contributed by atoms with Gasteiger partial charge in [0.25, 0.3) is 0 Å². The lowest BCUT2D eigenvalue weighted by atomic mass is 10.2. The summed E-state index contributed by atoms with van der Waals surface area (Å²) in [5, 5.41) is 0. The monoisotopic (exact) mass is 252 g/mol. The molecule has 1 atom stereocenters. The Morgan fingerprint density at radius 1 is 1.50 bits per heavy atom. The molecule has 1 unspecified atom stereocenters. The summed E-state index contributed by atoms with van der Waals surface area (Å²) in [6.45, 7) is 5.44.